The predicted molar refractivity (Wildman–Crippen MR) is 209 cm³/mol. The Morgan fingerprint density at radius 3 is 1.88 bits per heavy atom. The fourth-order valence-electron chi connectivity index (χ4n) is 8.08. The van der Waals surface area contributed by atoms with E-state index in [1.807, 2.05) is 91.3 Å². The molecule has 52 heavy (non-hydrogen) atoms. The van der Waals surface area contributed by atoms with Crippen molar-refractivity contribution in [2.45, 2.75) is 47.0 Å². The van der Waals surface area contributed by atoms with Crippen molar-refractivity contribution in [1.82, 2.24) is 15.3 Å². The molecule has 2 saturated carbocycles. The van der Waals surface area contributed by atoms with Crippen LogP contribution in [0.3, 0.4) is 0 Å². The van der Waals surface area contributed by atoms with Gasteiger partial charge in [-0.1, -0.05) is 88.4 Å². The van der Waals surface area contributed by atoms with Crippen molar-refractivity contribution in [2.75, 3.05) is 6.54 Å². The van der Waals surface area contributed by atoms with E-state index in [4.69, 9.17) is 0 Å². The summed E-state index contributed by atoms with van der Waals surface area (Å²) in [5.74, 6) is 2.75. The highest BCUT2D eigenvalue weighted by Crippen LogP contribution is 2.41. The molecule has 6 heteroatoms. The molecule has 8 atom stereocenters. The van der Waals surface area contributed by atoms with E-state index in [0.29, 0.717) is 53.2 Å². The summed E-state index contributed by atoms with van der Waals surface area (Å²) in [5, 5.41) is 22.4. The van der Waals surface area contributed by atoms with Crippen LogP contribution in [-0.2, 0) is 4.79 Å². The number of nitriles is 2. The average Bonchev–Trinajstić information content (AvgIpc) is 3.18. The Morgan fingerprint density at radius 2 is 1.33 bits per heavy atom. The molecule has 0 saturated heterocycles. The van der Waals surface area contributed by atoms with Gasteiger partial charge in [0.05, 0.1) is 34.7 Å². The summed E-state index contributed by atoms with van der Waals surface area (Å²) < 4.78 is 0. The number of nitrogens with one attached hydrogen (secondary N) is 1. The monoisotopic (exact) mass is 686 g/mol. The van der Waals surface area contributed by atoms with Crippen molar-refractivity contribution in [3.05, 3.63) is 126 Å². The van der Waals surface area contributed by atoms with Gasteiger partial charge in [-0.05, 0) is 104 Å². The van der Waals surface area contributed by atoms with E-state index in [2.05, 4.69) is 79.8 Å². The molecule has 6 rings (SSSR count). The molecule has 2 fully saturated rings. The molecule has 0 aliphatic heterocycles. The third-order valence-electron chi connectivity index (χ3n) is 11.7. The highest BCUT2D eigenvalue weighted by atomic mass is 16.1. The van der Waals surface area contributed by atoms with E-state index in [9.17, 15) is 15.3 Å². The molecule has 1 N–H and O–H groups in total. The van der Waals surface area contributed by atoms with E-state index in [0.717, 1.165) is 52.9 Å². The number of amides is 1. The molecule has 0 spiro atoms. The lowest BCUT2D eigenvalue weighted by Gasteiger charge is -2.39. The largest absolute Gasteiger partial charge is 0.356 e. The minimum Gasteiger partial charge on any atom is -0.356 e. The van der Waals surface area contributed by atoms with Crippen LogP contribution in [-0.4, -0.2) is 22.4 Å². The van der Waals surface area contributed by atoms with Crippen LogP contribution in [0.2, 0.25) is 0 Å². The van der Waals surface area contributed by atoms with E-state index in [1.165, 1.54) is 0 Å². The molecule has 1 radical (unpaired) electrons. The highest BCUT2D eigenvalue weighted by molar-refractivity contribution is 5.81. The standard InChI is InChI=1S/C46H48N5O/c1-30-13-21-45(42(33(30)4)22-20-41-19-16-39(29-50-41)44-12-8-6-10-37(44)26-48)46(52)51-27-34-23-31(2)32(3)35(24-34)14-17-40-18-15-38(28-49-40)43-11-7-5-9-36(43)25-47/h5-12,14-22,28-35,42,45H,13,23-24,27H2,1-4H3,(H,51,52)/b17-14+,22-20+/t30-,31-,32+,33+,34?,35+,42-,45-/m0/s1. The molecule has 2 aromatic heterocycles. The zero-order chi connectivity index (χ0) is 36.6. The first kappa shape index (κ1) is 36.5. The maximum atomic E-state index is 13.8. The molecule has 2 aromatic carbocycles. The Balaban J connectivity index is 1.08. The summed E-state index contributed by atoms with van der Waals surface area (Å²) in [7, 11) is 0. The maximum absolute atomic E-state index is 13.8. The van der Waals surface area contributed by atoms with Crippen LogP contribution in [0.1, 0.15) is 69.5 Å². The fourth-order valence-corrected chi connectivity index (χ4v) is 8.08. The van der Waals surface area contributed by atoms with Gasteiger partial charge in [-0.2, -0.15) is 10.5 Å². The molecule has 4 aromatic rings. The fraction of sp³-hybridized carbons (Fsp3) is 0.348. The Bertz CT molecular complexity index is 1980. The molecular weight excluding hydrogens is 639 g/mol. The van der Waals surface area contributed by atoms with Crippen molar-refractivity contribution in [3.8, 4) is 34.4 Å². The summed E-state index contributed by atoms with van der Waals surface area (Å²) in [6.45, 7) is 9.89. The van der Waals surface area contributed by atoms with Gasteiger partial charge in [0, 0.05) is 47.1 Å². The van der Waals surface area contributed by atoms with Crippen molar-refractivity contribution >= 4 is 18.1 Å². The Kier molecular flexibility index (Phi) is 11.8. The summed E-state index contributed by atoms with van der Waals surface area (Å²) in [6, 6.07) is 27.7. The maximum Gasteiger partial charge on any atom is 0.224 e. The van der Waals surface area contributed by atoms with Gasteiger partial charge in [0.25, 0.3) is 0 Å². The Labute approximate surface area is 309 Å². The van der Waals surface area contributed by atoms with Gasteiger partial charge in [0.1, 0.15) is 0 Å². The minimum absolute atomic E-state index is 0.0813. The van der Waals surface area contributed by atoms with E-state index >= 15 is 0 Å². The van der Waals surface area contributed by atoms with Crippen LogP contribution >= 0.6 is 0 Å². The lowest BCUT2D eigenvalue weighted by molar-refractivity contribution is -0.126. The lowest BCUT2D eigenvalue weighted by Crippen LogP contribution is -2.44. The molecule has 6 nitrogen and oxygen atoms in total. The number of allylic oxidation sites excluding steroid dienone is 2. The smallest absolute Gasteiger partial charge is 0.224 e. The molecule has 0 bridgehead atoms. The number of benzene rings is 2. The topological polar surface area (TPSA) is 102 Å². The number of hydrogen-bond donors (Lipinski definition) is 1. The first-order valence-electron chi connectivity index (χ1n) is 18.6. The molecule has 1 unspecified atom stereocenters. The number of nitrogens with zero attached hydrogens (tertiary/aromatic N) is 4. The summed E-state index contributed by atoms with van der Waals surface area (Å²) >= 11 is 0. The van der Waals surface area contributed by atoms with Gasteiger partial charge >= 0.3 is 0 Å². The lowest BCUT2D eigenvalue weighted by atomic mass is 9.67. The highest BCUT2D eigenvalue weighted by Gasteiger charge is 2.38. The van der Waals surface area contributed by atoms with Gasteiger partial charge in [0.2, 0.25) is 5.91 Å². The molecule has 263 valence electrons. The molecule has 2 aliphatic carbocycles. The van der Waals surface area contributed by atoms with Crippen LogP contribution in [0.25, 0.3) is 34.4 Å². The second-order valence-corrected chi connectivity index (χ2v) is 15.0. The first-order chi connectivity index (χ1) is 25.2. The van der Waals surface area contributed by atoms with E-state index < -0.39 is 0 Å². The zero-order valence-electron chi connectivity index (χ0n) is 30.6. The first-order valence-corrected chi connectivity index (χ1v) is 18.6. The number of hydrogen-bond acceptors (Lipinski definition) is 5. The molecule has 1 amide bonds. The van der Waals surface area contributed by atoms with Crippen LogP contribution in [0.5, 0.6) is 0 Å². The van der Waals surface area contributed by atoms with Crippen LogP contribution in [0.4, 0.5) is 0 Å². The summed E-state index contributed by atoms with van der Waals surface area (Å²) in [5.41, 5.74) is 6.63. The second kappa shape index (κ2) is 16.8. The molecule has 2 heterocycles. The van der Waals surface area contributed by atoms with Gasteiger partial charge in [0.15, 0.2) is 0 Å². The third-order valence-corrected chi connectivity index (χ3v) is 11.7. The molecular formula is C46H48N5O. The van der Waals surface area contributed by atoms with Crippen molar-refractivity contribution in [3.63, 3.8) is 0 Å². The summed E-state index contributed by atoms with van der Waals surface area (Å²) in [4.78, 5) is 23.2. The number of pyridine rings is 2. The van der Waals surface area contributed by atoms with E-state index in [-0.39, 0.29) is 17.7 Å². The normalized spacial score (nSPS) is 26.1. The van der Waals surface area contributed by atoms with Gasteiger partial charge in [-0.25, -0.2) is 0 Å². The summed E-state index contributed by atoms with van der Waals surface area (Å²) in [6.07, 6.45) is 17.6. The number of rotatable bonds is 9. The number of carbonyl (C=O) groups is 1. The van der Waals surface area contributed by atoms with Gasteiger partial charge in [-0.15, -0.1) is 0 Å². The zero-order valence-corrected chi connectivity index (χ0v) is 30.6. The molecule has 2 aliphatic rings. The van der Waals surface area contributed by atoms with Crippen molar-refractivity contribution < 1.29 is 4.79 Å². The number of carbonyl (C=O) groups excluding carboxylic acids is 1. The second-order valence-electron chi connectivity index (χ2n) is 15.0. The van der Waals surface area contributed by atoms with E-state index in [1.54, 1.807) is 0 Å². The Morgan fingerprint density at radius 1 is 0.750 bits per heavy atom. The van der Waals surface area contributed by atoms with Gasteiger partial charge < -0.3 is 5.32 Å². The quantitative estimate of drug-likeness (QED) is 0.189. The predicted octanol–water partition coefficient (Wildman–Crippen LogP) is 9.81. The number of aromatic nitrogens is 2. The van der Waals surface area contributed by atoms with Crippen molar-refractivity contribution in [2.24, 2.45) is 47.3 Å². The SMILES string of the molecule is C[C@H]1[C@H](/C=C/c2ccc(-c3ccccc3C#N)cn2)[C@@H](C(=O)NCC2C[C@@H](/C=C/c3ccc(-c4ccccc4C#N)cn3)[C@H](C)[C@@H](C)C2)[CH]C[C@@H]1C. The average molecular weight is 687 g/mol. The van der Waals surface area contributed by atoms with Crippen molar-refractivity contribution in [1.29, 1.82) is 10.5 Å². The van der Waals surface area contributed by atoms with Crippen LogP contribution in [0.15, 0.2) is 97.3 Å². The van der Waals surface area contributed by atoms with Crippen LogP contribution < -0.4 is 5.32 Å². The van der Waals surface area contributed by atoms with Crippen LogP contribution in [0, 0.1) is 76.4 Å². The Hall–Kier alpha value is -5.33. The van der Waals surface area contributed by atoms with Gasteiger partial charge in [-0.3, -0.25) is 14.8 Å². The minimum atomic E-state index is -0.186. The third kappa shape index (κ3) is 8.41.